The fourth-order valence-corrected chi connectivity index (χ4v) is 3.81. The van der Waals surface area contributed by atoms with E-state index in [9.17, 15) is 9.59 Å². The largest absolute Gasteiger partial charge is 0.349 e. The molecule has 2 aliphatic rings. The Morgan fingerprint density at radius 1 is 1.20 bits per heavy atom. The van der Waals surface area contributed by atoms with E-state index in [1.165, 1.54) is 6.42 Å². The number of carbonyl (C=O) groups excluding carboxylic acids is 2. The van der Waals surface area contributed by atoms with E-state index >= 15 is 0 Å². The first kappa shape index (κ1) is 17.9. The van der Waals surface area contributed by atoms with Crippen molar-refractivity contribution in [3.8, 4) is 0 Å². The van der Waals surface area contributed by atoms with Crippen LogP contribution in [0, 0.1) is 12.8 Å². The topological polar surface area (TPSA) is 61.4 Å². The number of hydrogen-bond donors (Lipinski definition) is 2. The Hall–Kier alpha value is -1.88. The van der Waals surface area contributed by atoms with Crippen LogP contribution in [0.25, 0.3) is 0 Å². The normalized spacial score (nSPS) is 21.3. The van der Waals surface area contributed by atoms with E-state index in [1.54, 1.807) is 0 Å². The molecule has 0 aromatic heterocycles. The minimum absolute atomic E-state index is 0.00314. The average molecular weight is 343 g/mol. The summed E-state index contributed by atoms with van der Waals surface area (Å²) in [7, 11) is 0. The fraction of sp³-hybridized carbons (Fsp3) is 0.600. The van der Waals surface area contributed by atoms with Crippen molar-refractivity contribution in [2.45, 2.75) is 45.1 Å². The van der Waals surface area contributed by atoms with Crippen LogP contribution in [-0.2, 0) is 4.79 Å². The van der Waals surface area contributed by atoms with E-state index in [0.29, 0.717) is 12.3 Å². The van der Waals surface area contributed by atoms with Crippen LogP contribution in [0.4, 0.5) is 0 Å². The number of benzene rings is 1. The summed E-state index contributed by atoms with van der Waals surface area (Å²) in [6, 6.07) is 7.81. The molecule has 25 heavy (non-hydrogen) atoms. The highest BCUT2D eigenvalue weighted by atomic mass is 16.2. The molecule has 1 aromatic rings. The van der Waals surface area contributed by atoms with E-state index in [4.69, 9.17) is 0 Å². The van der Waals surface area contributed by atoms with E-state index in [0.717, 1.165) is 56.6 Å². The van der Waals surface area contributed by atoms with Crippen molar-refractivity contribution in [2.75, 3.05) is 26.2 Å². The molecule has 5 heteroatoms. The lowest BCUT2D eigenvalue weighted by atomic mass is 10.00. The molecule has 0 spiro atoms. The molecule has 2 amide bonds. The van der Waals surface area contributed by atoms with Crippen LogP contribution >= 0.6 is 0 Å². The molecular formula is C20H29N3O2. The molecule has 5 nitrogen and oxygen atoms in total. The van der Waals surface area contributed by atoms with Crippen LogP contribution in [-0.4, -0.2) is 48.9 Å². The Morgan fingerprint density at radius 3 is 2.64 bits per heavy atom. The van der Waals surface area contributed by atoms with Crippen molar-refractivity contribution in [1.82, 2.24) is 15.5 Å². The maximum Gasteiger partial charge on any atom is 0.251 e. The summed E-state index contributed by atoms with van der Waals surface area (Å²) in [4.78, 5) is 26.7. The van der Waals surface area contributed by atoms with Gasteiger partial charge in [-0.3, -0.25) is 9.59 Å². The average Bonchev–Trinajstić information content (AvgIpc) is 3.14. The second-order valence-electron chi connectivity index (χ2n) is 7.34. The Morgan fingerprint density at radius 2 is 1.96 bits per heavy atom. The molecule has 0 saturated carbocycles. The van der Waals surface area contributed by atoms with Gasteiger partial charge in [-0.1, -0.05) is 18.2 Å². The van der Waals surface area contributed by atoms with Crippen molar-refractivity contribution in [3.05, 3.63) is 35.4 Å². The molecule has 136 valence electrons. The molecule has 1 aromatic carbocycles. The SMILES string of the molecule is Cc1ccccc1C(=O)NC1CCN(C(=O)CCC2CCNC2)CC1. The maximum absolute atomic E-state index is 12.4. The van der Waals surface area contributed by atoms with E-state index in [-0.39, 0.29) is 17.9 Å². The summed E-state index contributed by atoms with van der Waals surface area (Å²) < 4.78 is 0. The molecule has 0 bridgehead atoms. The van der Waals surface area contributed by atoms with Crippen LogP contribution < -0.4 is 10.6 Å². The molecule has 2 heterocycles. The standard InChI is InChI=1S/C20H29N3O2/c1-15-4-2-3-5-18(15)20(25)22-17-9-12-23(13-10-17)19(24)7-6-16-8-11-21-14-16/h2-5,16-17,21H,6-14H2,1H3,(H,22,25). The predicted octanol–water partition coefficient (Wildman–Crippen LogP) is 2.11. The lowest BCUT2D eigenvalue weighted by Gasteiger charge is -2.32. The predicted molar refractivity (Wildman–Crippen MR) is 98.5 cm³/mol. The molecule has 2 aliphatic heterocycles. The summed E-state index contributed by atoms with van der Waals surface area (Å²) in [5.74, 6) is 0.932. The Bertz CT molecular complexity index is 603. The molecule has 0 aliphatic carbocycles. The van der Waals surface area contributed by atoms with Gasteiger partial charge in [-0.05, 0) is 63.2 Å². The Balaban J connectivity index is 1.41. The lowest BCUT2D eigenvalue weighted by molar-refractivity contribution is -0.132. The highest BCUT2D eigenvalue weighted by Crippen LogP contribution is 2.18. The van der Waals surface area contributed by atoms with Gasteiger partial charge in [0.1, 0.15) is 0 Å². The van der Waals surface area contributed by atoms with Crippen molar-refractivity contribution >= 4 is 11.8 Å². The summed E-state index contributed by atoms with van der Waals surface area (Å²) in [5.41, 5.74) is 1.74. The third-order valence-electron chi connectivity index (χ3n) is 5.50. The second kappa shape index (κ2) is 8.48. The molecular weight excluding hydrogens is 314 g/mol. The minimum atomic E-state index is -0.00314. The first-order valence-corrected chi connectivity index (χ1v) is 9.48. The highest BCUT2D eigenvalue weighted by molar-refractivity contribution is 5.95. The van der Waals surface area contributed by atoms with E-state index < -0.39 is 0 Å². The number of aryl methyl sites for hydroxylation is 1. The zero-order valence-corrected chi connectivity index (χ0v) is 15.1. The van der Waals surface area contributed by atoms with Crippen LogP contribution in [0.1, 0.15) is 48.0 Å². The third kappa shape index (κ3) is 4.82. The highest BCUT2D eigenvalue weighted by Gasteiger charge is 2.25. The number of rotatable bonds is 5. The van der Waals surface area contributed by atoms with Crippen LogP contribution in [0.3, 0.4) is 0 Å². The number of hydrogen-bond acceptors (Lipinski definition) is 3. The quantitative estimate of drug-likeness (QED) is 0.861. The smallest absolute Gasteiger partial charge is 0.251 e. The van der Waals surface area contributed by atoms with Gasteiger partial charge < -0.3 is 15.5 Å². The van der Waals surface area contributed by atoms with Gasteiger partial charge in [-0.25, -0.2) is 0 Å². The molecule has 2 fully saturated rings. The monoisotopic (exact) mass is 343 g/mol. The van der Waals surface area contributed by atoms with Crippen LogP contribution in [0.5, 0.6) is 0 Å². The molecule has 2 saturated heterocycles. The van der Waals surface area contributed by atoms with Crippen molar-refractivity contribution in [2.24, 2.45) is 5.92 Å². The Labute approximate surface area is 150 Å². The Kier molecular flexibility index (Phi) is 6.08. The fourth-order valence-electron chi connectivity index (χ4n) is 3.81. The van der Waals surface area contributed by atoms with Gasteiger partial charge in [-0.2, -0.15) is 0 Å². The first-order chi connectivity index (χ1) is 12.1. The summed E-state index contributed by atoms with van der Waals surface area (Å²) in [5, 5.41) is 6.48. The summed E-state index contributed by atoms with van der Waals surface area (Å²) in [6.07, 6.45) is 4.53. The number of likely N-dealkylation sites (tertiary alicyclic amines) is 1. The van der Waals surface area contributed by atoms with Gasteiger partial charge in [0, 0.05) is 31.1 Å². The van der Waals surface area contributed by atoms with Gasteiger partial charge in [0.15, 0.2) is 0 Å². The van der Waals surface area contributed by atoms with Crippen molar-refractivity contribution < 1.29 is 9.59 Å². The maximum atomic E-state index is 12.4. The van der Waals surface area contributed by atoms with Crippen molar-refractivity contribution in [3.63, 3.8) is 0 Å². The van der Waals surface area contributed by atoms with E-state index in [2.05, 4.69) is 10.6 Å². The molecule has 1 unspecified atom stereocenters. The summed E-state index contributed by atoms with van der Waals surface area (Å²) >= 11 is 0. The third-order valence-corrected chi connectivity index (χ3v) is 5.50. The lowest BCUT2D eigenvalue weighted by Crippen LogP contribution is -2.46. The van der Waals surface area contributed by atoms with E-state index in [1.807, 2.05) is 36.1 Å². The number of carbonyl (C=O) groups is 2. The number of piperidine rings is 1. The van der Waals surface area contributed by atoms with Crippen LogP contribution in [0.2, 0.25) is 0 Å². The van der Waals surface area contributed by atoms with Gasteiger partial charge in [0.25, 0.3) is 5.91 Å². The minimum Gasteiger partial charge on any atom is -0.349 e. The van der Waals surface area contributed by atoms with Gasteiger partial charge in [0.2, 0.25) is 5.91 Å². The molecule has 0 radical (unpaired) electrons. The number of nitrogens with zero attached hydrogens (tertiary/aromatic N) is 1. The second-order valence-corrected chi connectivity index (χ2v) is 7.34. The van der Waals surface area contributed by atoms with Gasteiger partial charge in [0.05, 0.1) is 0 Å². The van der Waals surface area contributed by atoms with Crippen LogP contribution in [0.15, 0.2) is 24.3 Å². The first-order valence-electron chi connectivity index (χ1n) is 9.48. The zero-order valence-electron chi connectivity index (χ0n) is 15.1. The molecule has 2 N–H and O–H groups in total. The zero-order chi connectivity index (χ0) is 17.6. The number of amides is 2. The van der Waals surface area contributed by atoms with Gasteiger partial charge in [-0.15, -0.1) is 0 Å². The molecule has 3 rings (SSSR count). The van der Waals surface area contributed by atoms with Crippen molar-refractivity contribution in [1.29, 1.82) is 0 Å². The number of nitrogens with one attached hydrogen (secondary N) is 2. The summed E-state index contributed by atoms with van der Waals surface area (Å²) in [6.45, 7) is 5.60. The van der Waals surface area contributed by atoms with Gasteiger partial charge >= 0.3 is 0 Å². The molecule has 1 atom stereocenters.